The van der Waals surface area contributed by atoms with E-state index in [2.05, 4.69) is 38.3 Å². The Morgan fingerprint density at radius 2 is 1.73 bits per heavy atom. The highest BCUT2D eigenvalue weighted by atomic mass is 16.5. The molecule has 0 unspecified atom stereocenters. The van der Waals surface area contributed by atoms with Gasteiger partial charge in [-0.1, -0.05) is 13.8 Å². The van der Waals surface area contributed by atoms with E-state index in [9.17, 15) is 0 Å². The van der Waals surface area contributed by atoms with Gasteiger partial charge in [0.1, 0.15) is 44.2 Å². The minimum absolute atomic E-state index is 0.357. The predicted octanol–water partition coefficient (Wildman–Crippen LogP) is 0.866. The smallest absolute Gasteiger partial charge is 0.182 e. The number of hydrogen-bond donors (Lipinski definition) is 1. The molecular weight excluding hydrogens is 276 g/mol. The van der Waals surface area contributed by atoms with E-state index < -0.39 is 0 Å². The molecule has 3 aliphatic rings. The van der Waals surface area contributed by atoms with Gasteiger partial charge in [0.05, 0.1) is 6.08 Å². The molecule has 2 atom stereocenters. The van der Waals surface area contributed by atoms with Crippen LogP contribution >= 0.6 is 0 Å². The zero-order valence-electron chi connectivity index (χ0n) is 14.7. The number of nitrogens with one attached hydrogen (secondary N) is 1. The second kappa shape index (κ2) is 6.42. The molecule has 4 heteroatoms. The van der Waals surface area contributed by atoms with Crippen molar-refractivity contribution in [2.45, 2.75) is 52.7 Å². The summed E-state index contributed by atoms with van der Waals surface area (Å²) in [4.78, 5) is 1.63. The van der Waals surface area contributed by atoms with Gasteiger partial charge in [-0.05, 0) is 19.3 Å². The van der Waals surface area contributed by atoms with Crippen LogP contribution in [-0.4, -0.2) is 61.9 Å². The fourth-order valence-electron chi connectivity index (χ4n) is 4.18. The topological polar surface area (TPSA) is 25.9 Å². The number of ether oxygens (including phenoxy) is 2. The number of quaternary nitrogens is 1. The van der Waals surface area contributed by atoms with Gasteiger partial charge in [-0.15, -0.1) is 0 Å². The van der Waals surface area contributed by atoms with Crippen LogP contribution in [0.15, 0.2) is 11.8 Å². The van der Waals surface area contributed by atoms with Crippen LogP contribution in [0.5, 0.6) is 0 Å². The Hall–Kier alpha value is -0.710. The molecule has 0 aromatic carbocycles. The van der Waals surface area contributed by atoms with Crippen LogP contribution in [0, 0.1) is 5.41 Å². The lowest BCUT2D eigenvalue weighted by Gasteiger charge is -2.37. The summed E-state index contributed by atoms with van der Waals surface area (Å²) < 4.78 is 14.0. The third kappa shape index (κ3) is 3.79. The molecule has 0 amide bonds. The molecule has 22 heavy (non-hydrogen) atoms. The van der Waals surface area contributed by atoms with Gasteiger partial charge < -0.3 is 14.4 Å². The van der Waals surface area contributed by atoms with Crippen LogP contribution in [0.1, 0.15) is 40.5 Å². The lowest BCUT2D eigenvalue weighted by atomic mass is 9.77. The summed E-state index contributed by atoms with van der Waals surface area (Å²) in [5.41, 5.74) is 3.46. The zero-order chi connectivity index (χ0) is 15.7. The average molecular weight is 308 g/mol. The summed E-state index contributed by atoms with van der Waals surface area (Å²) in [6.07, 6.45) is 5.60. The van der Waals surface area contributed by atoms with Gasteiger partial charge in [0.25, 0.3) is 0 Å². The summed E-state index contributed by atoms with van der Waals surface area (Å²) in [5.74, 6) is 0. The fourth-order valence-corrected chi connectivity index (χ4v) is 4.18. The molecule has 124 valence electrons. The first-order chi connectivity index (χ1) is 10.4. The van der Waals surface area contributed by atoms with Crippen molar-refractivity contribution in [3.05, 3.63) is 11.8 Å². The van der Waals surface area contributed by atoms with Gasteiger partial charge in [0.2, 0.25) is 0 Å². The van der Waals surface area contributed by atoms with Crippen LogP contribution in [0.2, 0.25) is 0 Å². The summed E-state index contributed by atoms with van der Waals surface area (Å²) in [6, 6.07) is 0. The quantitative estimate of drug-likeness (QED) is 0.727. The maximum atomic E-state index is 5.92. The summed E-state index contributed by atoms with van der Waals surface area (Å²) in [7, 11) is 0. The predicted molar refractivity (Wildman–Crippen MR) is 87.6 cm³/mol. The van der Waals surface area contributed by atoms with E-state index in [1.54, 1.807) is 10.6 Å². The molecule has 4 nitrogen and oxygen atoms in total. The highest BCUT2D eigenvalue weighted by Crippen LogP contribution is 2.32. The van der Waals surface area contributed by atoms with Crippen molar-refractivity contribution in [2.24, 2.45) is 5.41 Å². The number of rotatable bonds is 1. The molecule has 0 bridgehead atoms. The average Bonchev–Trinajstić information content (AvgIpc) is 2.45. The molecule has 0 radical (unpaired) electrons. The first-order valence-electron chi connectivity index (χ1n) is 8.82. The molecule has 0 spiro atoms. The maximum Gasteiger partial charge on any atom is 0.182 e. The molecule has 2 aliphatic heterocycles. The number of nitrogens with zero attached hydrogens (tertiary/aromatic N) is 1. The third-order valence-corrected chi connectivity index (χ3v) is 5.07. The SMILES string of the molecule is C[C@H]1C[NH+](C2=CC(=[N+]3CCOCC3)CC(C)(C)C2)C[C@H](C)O1. The van der Waals surface area contributed by atoms with E-state index in [4.69, 9.17) is 9.47 Å². The number of hydrogen-bond acceptors (Lipinski definition) is 2. The second-order valence-electron chi connectivity index (χ2n) is 8.05. The van der Waals surface area contributed by atoms with Gasteiger partial charge >= 0.3 is 0 Å². The zero-order valence-corrected chi connectivity index (χ0v) is 14.7. The van der Waals surface area contributed by atoms with E-state index in [-0.39, 0.29) is 0 Å². The summed E-state index contributed by atoms with van der Waals surface area (Å²) in [6.45, 7) is 15.2. The first-order valence-corrected chi connectivity index (χ1v) is 8.82. The van der Waals surface area contributed by atoms with E-state index in [0.717, 1.165) is 39.4 Å². The molecule has 0 saturated carbocycles. The molecular formula is C18H32N2O2+2. The van der Waals surface area contributed by atoms with Crippen molar-refractivity contribution >= 4 is 5.71 Å². The van der Waals surface area contributed by atoms with Gasteiger partial charge in [-0.2, -0.15) is 0 Å². The Balaban J connectivity index is 1.86. The highest BCUT2D eigenvalue weighted by Gasteiger charge is 2.38. The minimum Gasteiger partial charge on any atom is -0.368 e. The summed E-state index contributed by atoms with van der Waals surface area (Å²) in [5, 5.41) is 0. The van der Waals surface area contributed by atoms with Crippen molar-refractivity contribution in [3.63, 3.8) is 0 Å². The third-order valence-electron chi connectivity index (χ3n) is 5.07. The van der Waals surface area contributed by atoms with Crippen molar-refractivity contribution in [1.82, 2.24) is 0 Å². The Morgan fingerprint density at radius 3 is 2.36 bits per heavy atom. The normalized spacial score (nSPS) is 36.2. The van der Waals surface area contributed by atoms with Crippen LogP contribution in [0.3, 0.4) is 0 Å². The number of morpholine rings is 2. The van der Waals surface area contributed by atoms with Gasteiger partial charge in [-0.3, -0.25) is 0 Å². The van der Waals surface area contributed by atoms with E-state index in [1.807, 2.05) is 0 Å². The molecule has 2 heterocycles. The Labute approximate surface area is 134 Å². The molecule has 1 N–H and O–H groups in total. The molecule has 2 saturated heterocycles. The Bertz CT molecular complexity index is 463. The first kappa shape index (κ1) is 16.2. The van der Waals surface area contributed by atoms with Crippen LogP contribution in [0.25, 0.3) is 0 Å². The second-order valence-corrected chi connectivity index (χ2v) is 8.05. The van der Waals surface area contributed by atoms with Crippen molar-refractivity contribution in [3.8, 4) is 0 Å². The fraction of sp³-hybridized carbons (Fsp3) is 0.833. The van der Waals surface area contributed by atoms with Crippen LogP contribution in [0.4, 0.5) is 0 Å². The molecule has 3 rings (SSSR count). The number of allylic oxidation sites excluding steroid dienone is 2. The van der Waals surface area contributed by atoms with Gasteiger partial charge in [0.15, 0.2) is 18.8 Å². The largest absolute Gasteiger partial charge is 0.368 e. The summed E-state index contributed by atoms with van der Waals surface area (Å²) >= 11 is 0. The Morgan fingerprint density at radius 1 is 1.09 bits per heavy atom. The van der Waals surface area contributed by atoms with E-state index >= 15 is 0 Å². The van der Waals surface area contributed by atoms with Gasteiger partial charge in [0, 0.05) is 12.8 Å². The van der Waals surface area contributed by atoms with E-state index in [1.165, 1.54) is 18.6 Å². The molecule has 1 aliphatic carbocycles. The van der Waals surface area contributed by atoms with Crippen LogP contribution < -0.4 is 4.90 Å². The lowest BCUT2D eigenvalue weighted by Crippen LogP contribution is -3.14. The van der Waals surface area contributed by atoms with Crippen molar-refractivity contribution in [2.75, 3.05) is 39.4 Å². The monoisotopic (exact) mass is 308 g/mol. The standard InChI is InChI=1S/C18H31N2O2/c1-14-12-20(13-15(2)22-14)17-9-16(10-18(3,4)11-17)19-5-7-21-8-6-19/h9,14-15H,5-8,10-13H2,1-4H3/q+1/p+1/t14-,15-/m0/s1. The van der Waals surface area contributed by atoms with Crippen LogP contribution in [-0.2, 0) is 9.47 Å². The molecule has 2 fully saturated rings. The van der Waals surface area contributed by atoms with Gasteiger partial charge in [-0.25, -0.2) is 4.58 Å². The minimum atomic E-state index is 0.357. The highest BCUT2D eigenvalue weighted by molar-refractivity contribution is 5.92. The molecule has 0 aromatic heterocycles. The Kier molecular flexibility index (Phi) is 4.72. The van der Waals surface area contributed by atoms with E-state index in [0.29, 0.717) is 17.6 Å². The lowest BCUT2D eigenvalue weighted by molar-refractivity contribution is -0.879. The molecule has 0 aromatic rings. The maximum absolute atomic E-state index is 5.92. The van der Waals surface area contributed by atoms with Crippen molar-refractivity contribution in [1.29, 1.82) is 0 Å². The van der Waals surface area contributed by atoms with Crippen molar-refractivity contribution < 1.29 is 18.9 Å².